The summed E-state index contributed by atoms with van der Waals surface area (Å²) in [6.07, 6.45) is 1.21. The van der Waals surface area contributed by atoms with Gasteiger partial charge in [0, 0.05) is 11.4 Å². The molecule has 7 nitrogen and oxygen atoms in total. The van der Waals surface area contributed by atoms with Gasteiger partial charge in [-0.05, 0) is 13.8 Å². The number of carboxylic acid groups (broad SMARTS) is 1. The molecule has 1 aromatic heterocycles. The number of nitrogens with zero attached hydrogens (tertiary/aromatic N) is 2. The summed E-state index contributed by atoms with van der Waals surface area (Å²) in [4.78, 5) is 29.7. The summed E-state index contributed by atoms with van der Waals surface area (Å²) >= 11 is 0.883. The number of rotatable bonds is 5. The molecular weight excluding hydrogens is 258 g/mol. The van der Waals surface area contributed by atoms with Crippen LogP contribution in [0, 0.1) is 0 Å². The third-order valence-electron chi connectivity index (χ3n) is 1.91. The van der Waals surface area contributed by atoms with Crippen LogP contribution in [0.25, 0.3) is 0 Å². The van der Waals surface area contributed by atoms with Gasteiger partial charge in [0.15, 0.2) is 5.16 Å². The van der Waals surface area contributed by atoms with E-state index in [4.69, 9.17) is 10.5 Å². The minimum Gasteiger partial charge on any atom is -0.549 e. The van der Waals surface area contributed by atoms with E-state index in [1.165, 1.54) is 13.1 Å². The van der Waals surface area contributed by atoms with Crippen LogP contribution in [-0.2, 0) is 9.53 Å². The highest BCUT2D eigenvalue weighted by molar-refractivity contribution is 8.00. The second-order valence-corrected chi connectivity index (χ2v) is 4.56. The molecule has 0 saturated heterocycles. The molecule has 0 aliphatic rings. The zero-order chi connectivity index (χ0) is 13.7. The minimum atomic E-state index is -1.23. The third kappa shape index (κ3) is 3.59. The molecular formula is C10H12N3O4S-. The fraction of sp³-hybridized carbons (Fsp3) is 0.400. The standard InChI is InChI=1S/C10H13N3O4S/c1-3-17-9(16)6-4-12-10(13-7(6)11)18-5(2)8(14)15/h4-5H,3H2,1-2H3,(H,14,15)(H2,11,12,13)/p-1/t5-/m0/s1. The molecule has 0 aliphatic carbocycles. The van der Waals surface area contributed by atoms with E-state index in [0.717, 1.165) is 11.8 Å². The van der Waals surface area contributed by atoms with Crippen LogP contribution in [0.5, 0.6) is 0 Å². The Bertz CT molecular complexity index is 466. The maximum Gasteiger partial charge on any atom is 0.343 e. The first-order valence-electron chi connectivity index (χ1n) is 5.12. The van der Waals surface area contributed by atoms with E-state index < -0.39 is 17.2 Å². The van der Waals surface area contributed by atoms with Crippen molar-refractivity contribution in [3.05, 3.63) is 11.8 Å². The number of thioether (sulfide) groups is 1. The Hall–Kier alpha value is -1.83. The molecule has 0 amide bonds. The summed E-state index contributed by atoms with van der Waals surface area (Å²) < 4.78 is 4.76. The number of hydrogen-bond acceptors (Lipinski definition) is 8. The summed E-state index contributed by atoms with van der Waals surface area (Å²) in [6.45, 7) is 3.33. The van der Waals surface area contributed by atoms with Gasteiger partial charge in [-0.15, -0.1) is 0 Å². The second-order valence-electron chi connectivity index (χ2n) is 3.25. The highest BCUT2D eigenvalue weighted by Crippen LogP contribution is 2.21. The van der Waals surface area contributed by atoms with E-state index in [1.807, 2.05) is 0 Å². The number of carbonyl (C=O) groups excluding carboxylic acids is 2. The first kappa shape index (κ1) is 14.2. The molecule has 0 fully saturated rings. The summed E-state index contributed by atoms with van der Waals surface area (Å²) in [7, 11) is 0. The van der Waals surface area contributed by atoms with Gasteiger partial charge in [0.25, 0.3) is 0 Å². The van der Waals surface area contributed by atoms with Crippen molar-refractivity contribution >= 4 is 29.5 Å². The van der Waals surface area contributed by atoms with Crippen LogP contribution in [-0.4, -0.2) is 33.8 Å². The smallest absolute Gasteiger partial charge is 0.343 e. The molecule has 18 heavy (non-hydrogen) atoms. The molecule has 0 aromatic carbocycles. The van der Waals surface area contributed by atoms with Crippen LogP contribution in [0.4, 0.5) is 5.82 Å². The first-order valence-corrected chi connectivity index (χ1v) is 6.00. The van der Waals surface area contributed by atoms with Crippen molar-refractivity contribution in [3.8, 4) is 0 Å². The lowest BCUT2D eigenvalue weighted by Gasteiger charge is -2.11. The predicted molar refractivity (Wildman–Crippen MR) is 62.7 cm³/mol. The average molecular weight is 270 g/mol. The van der Waals surface area contributed by atoms with Crippen molar-refractivity contribution in [1.29, 1.82) is 0 Å². The number of ether oxygens (including phenoxy) is 1. The van der Waals surface area contributed by atoms with Crippen molar-refractivity contribution in [2.45, 2.75) is 24.3 Å². The molecule has 0 aliphatic heterocycles. The number of anilines is 1. The largest absolute Gasteiger partial charge is 0.549 e. The topological polar surface area (TPSA) is 118 Å². The van der Waals surface area contributed by atoms with Crippen LogP contribution in [0.2, 0.25) is 0 Å². The molecule has 0 spiro atoms. The van der Waals surface area contributed by atoms with Gasteiger partial charge in [-0.1, -0.05) is 11.8 Å². The van der Waals surface area contributed by atoms with E-state index in [0.29, 0.717) is 0 Å². The summed E-state index contributed by atoms with van der Waals surface area (Å²) in [5.41, 5.74) is 5.63. The molecule has 0 bridgehead atoms. The normalized spacial score (nSPS) is 11.9. The Morgan fingerprint density at radius 1 is 1.61 bits per heavy atom. The molecule has 0 radical (unpaired) electrons. The van der Waals surface area contributed by atoms with Gasteiger partial charge in [0.05, 0.1) is 12.6 Å². The molecule has 98 valence electrons. The fourth-order valence-electron chi connectivity index (χ4n) is 1.01. The molecule has 1 atom stereocenters. The van der Waals surface area contributed by atoms with Crippen molar-refractivity contribution < 1.29 is 19.4 Å². The van der Waals surface area contributed by atoms with Gasteiger partial charge in [0.2, 0.25) is 0 Å². The Balaban J connectivity index is 2.85. The molecule has 2 N–H and O–H groups in total. The van der Waals surface area contributed by atoms with Gasteiger partial charge in [0.1, 0.15) is 11.4 Å². The van der Waals surface area contributed by atoms with E-state index in [2.05, 4.69) is 9.97 Å². The van der Waals surface area contributed by atoms with E-state index in [9.17, 15) is 14.7 Å². The van der Waals surface area contributed by atoms with Crippen LogP contribution in [0.1, 0.15) is 24.2 Å². The highest BCUT2D eigenvalue weighted by atomic mass is 32.2. The summed E-state index contributed by atoms with van der Waals surface area (Å²) in [5.74, 6) is -1.88. The predicted octanol–water partition coefficient (Wildman–Crippen LogP) is -0.534. The van der Waals surface area contributed by atoms with Crippen molar-refractivity contribution in [3.63, 3.8) is 0 Å². The average Bonchev–Trinajstić information content (AvgIpc) is 2.29. The third-order valence-corrected chi connectivity index (χ3v) is 2.86. The number of carboxylic acids is 1. The van der Waals surface area contributed by atoms with E-state index in [-0.39, 0.29) is 23.1 Å². The lowest BCUT2D eigenvalue weighted by Crippen LogP contribution is -2.31. The molecule has 1 rings (SSSR count). The summed E-state index contributed by atoms with van der Waals surface area (Å²) in [5, 5.41) is 9.91. The van der Waals surface area contributed by atoms with E-state index >= 15 is 0 Å². The van der Waals surface area contributed by atoms with Gasteiger partial charge < -0.3 is 20.4 Å². The molecule has 1 heterocycles. The molecule has 0 saturated carbocycles. The molecule has 8 heteroatoms. The lowest BCUT2D eigenvalue weighted by atomic mass is 10.3. The monoisotopic (exact) mass is 270 g/mol. The number of hydrogen-bond donors (Lipinski definition) is 1. The van der Waals surface area contributed by atoms with Gasteiger partial charge in [-0.2, -0.15) is 0 Å². The van der Waals surface area contributed by atoms with Crippen LogP contribution < -0.4 is 10.8 Å². The van der Waals surface area contributed by atoms with Crippen LogP contribution in [0.15, 0.2) is 11.4 Å². The maximum atomic E-state index is 11.4. The van der Waals surface area contributed by atoms with Crippen molar-refractivity contribution in [2.75, 3.05) is 12.3 Å². The molecule has 1 aromatic rings. The van der Waals surface area contributed by atoms with Crippen molar-refractivity contribution in [1.82, 2.24) is 9.97 Å². The SMILES string of the molecule is CCOC(=O)c1cnc(S[C@@H](C)C(=O)[O-])nc1N. The number of nitrogen functional groups attached to an aromatic ring is 1. The number of carbonyl (C=O) groups is 2. The summed E-state index contributed by atoms with van der Waals surface area (Å²) in [6, 6.07) is 0. The highest BCUT2D eigenvalue weighted by Gasteiger charge is 2.15. The quantitative estimate of drug-likeness (QED) is 0.430. The Morgan fingerprint density at radius 3 is 2.78 bits per heavy atom. The number of aliphatic carboxylic acids is 1. The number of aromatic nitrogens is 2. The number of esters is 1. The first-order chi connectivity index (χ1) is 8.45. The number of nitrogens with two attached hydrogens (primary N) is 1. The van der Waals surface area contributed by atoms with Gasteiger partial charge in [-0.3, -0.25) is 0 Å². The van der Waals surface area contributed by atoms with Gasteiger partial charge in [-0.25, -0.2) is 14.8 Å². The van der Waals surface area contributed by atoms with Crippen LogP contribution >= 0.6 is 11.8 Å². The Labute approximate surface area is 108 Å². The second kappa shape index (κ2) is 6.20. The Kier molecular flexibility index (Phi) is 4.90. The fourth-order valence-corrected chi connectivity index (χ4v) is 1.68. The minimum absolute atomic E-state index is 0.0449. The zero-order valence-electron chi connectivity index (χ0n) is 9.87. The lowest BCUT2D eigenvalue weighted by molar-refractivity contribution is -0.304. The molecule has 0 unspecified atom stereocenters. The van der Waals surface area contributed by atoms with Crippen LogP contribution in [0.3, 0.4) is 0 Å². The van der Waals surface area contributed by atoms with Gasteiger partial charge >= 0.3 is 5.97 Å². The van der Waals surface area contributed by atoms with E-state index in [1.54, 1.807) is 6.92 Å². The Morgan fingerprint density at radius 2 is 2.28 bits per heavy atom. The van der Waals surface area contributed by atoms with Crippen molar-refractivity contribution in [2.24, 2.45) is 0 Å². The maximum absolute atomic E-state index is 11.4. The zero-order valence-corrected chi connectivity index (χ0v) is 10.7.